The van der Waals surface area contributed by atoms with Gasteiger partial charge in [0.05, 0.1) is 28.8 Å². The van der Waals surface area contributed by atoms with Crippen LogP contribution in [0.15, 0.2) is 18.2 Å². The summed E-state index contributed by atoms with van der Waals surface area (Å²) in [5.74, 6) is 0. The fourth-order valence-electron chi connectivity index (χ4n) is 2.57. The zero-order chi connectivity index (χ0) is 14.7. The highest BCUT2D eigenvalue weighted by Gasteiger charge is 2.33. The summed E-state index contributed by atoms with van der Waals surface area (Å²) in [7, 11) is 2.10. The molecule has 1 aliphatic heterocycles. The van der Waals surface area contributed by atoms with Crippen LogP contribution in [0.4, 0.5) is 0 Å². The molecule has 2 unspecified atom stereocenters. The standard InChI is InChI=1S/C15H22Cl2N2O/c1-10(2)18-9-13-15(19(3)7-8-20-13)11-5-4-6-12(16)14(11)17/h4-6,10,13,15,18H,7-9H2,1-3H3. The van der Waals surface area contributed by atoms with E-state index in [1.807, 2.05) is 18.2 Å². The third-order valence-corrected chi connectivity index (χ3v) is 4.46. The molecule has 1 fully saturated rings. The fraction of sp³-hybridized carbons (Fsp3) is 0.600. The van der Waals surface area contributed by atoms with Gasteiger partial charge in [-0.25, -0.2) is 0 Å². The monoisotopic (exact) mass is 316 g/mol. The highest BCUT2D eigenvalue weighted by atomic mass is 35.5. The molecule has 1 aromatic carbocycles. The topological polar surface area (TPSA) is 24.5 Å². The molecule has 5 heteroatoms. The van der Waals surface area contributed by atoms with Gasteiger partial charge in [0.2, 0.25) is 0 Å². The quantitative estimate of drug-likeness (QED) is 0.921. The van der Waals surface area contributed by atoms with Crippen LogP contribution < -0.4 is 5.32 Å². The average molecular weight is 317 g/mol. The number of nitrogens with zero attached hydrogens (tertiary/aromatic N) is 1. The molecular weight excluding hydrogens is 295 g/mol. The van der Waals surface area contributed by atoms with Gasteiger partial charge in [0, 0.05) is 19.1 Å². The lowest BCUT2D eigenvalue weighted by molar-refractivity contribution is -0.0619. The number of hydrogen-bond acceptors (Lipinski definition) is 3. The van der Waals surface area contributed by atoms with Crippen molar-refractivity contribution in [2.45, 2.75) is 32.0 Å². The smallest absolute Gasteiger partial charge is 0.0897 e. The SMILES string of the molecule is CC(C)NCC1OCCN(C)C1c1cccc(Cl)c1Cl. The minimum atomic E-state index is 0.0760. The van der Waals surface area contributed by atoms with Crippen molar-refractivity contribution in [3.8, 4) is 0 Å². The van der Waals surface area contributed by atoms with E-state index < -0.39 is 0 Å². The number of morpholine rings is 1. The van der Waals surface area contributed by atoms with Crippen LogP contribution in [0.1, 0.15) is 25.5 Å². The normalized spacial score (nSPS) is 24.3. The molecule has 1 aromatic rings. The van der Waals surface area contributed by atoms with Crippen molar-refractivity contribution in [1.82, 2.24) is 10.2 Å². The molecule has 1 saturated heterocycles. The lowest BCUT2D eigenvalue weighted by Gasteiger charge is -2.40. The molecule has 0 aliphatic carbocycles. The van der Waals surface area contributed by atoms with Crippen molar-refractivity contribution in [2.24, 2.45) is 0 Å². The number of rotatable bonds is 4. The maximum atomic E-state index is 6.39. The first-order valence-corrected chi connectivity index (χ1v) is 7.75. The van der Waals surface area contributed by atoms with E-state index in [0.717, 1.165) is 25.3 Å². The van der Waals surface area contributed by atoms with Crippen molar-refractivity contribution in [2.75, 3.05) is 26.7 Å². The molecule has 112 valence electrons. The first-order chi connectivity index (χ1) is 9.50. The maximum absolute atomic E-state index is 6.39. The summed E-state index contributed by atoms with van der Waals surface area (Å²) in [6, 6.07) is 6.35. The Labute approximate surface area is 131 Å². The number of halogens is 2. The molecule has 1 N–H and O–H groups in total. The van der Waals surface area contributed by atoms with Crippen LogP contribution in [-0.4, -0.2) is 43.8 Å². The second-order valence-corrected chi connectivity index (χ2v) is 6.33. The van der Waals surface area contributed by atoms with E-state index >= 15 is 0 Å². The largest absolute Gasteiger partial charge is 0.374 e. The Balaban J connectivity index is 2.25. The number of likely N-dealkylation sites (N-methyl/N-ethyl adjacent to an activating group) is 1. The van der Waals surface area contributed by atoms with E-state index in [4.69, 9.17) is 27.9 Å². The molecule has 3 nitrogen and oxygen atoms in total. The van der Waals surface area contributed by atoms with E-state index in [1.54, 1.807) is 0 Å². The minimum Gasteiger partial charge on any atom is -0.374 e. The molecular formula is C15H22Cl2N2O. The second-order valence-electron chi connectivity index (χ2n) is 5.54. The molecule has 2 atom stereocenters. The second kappa shape index (κ2) is 7.10. The minimum absolute atomic E-state index is 0.0760. The number of hydrogen-bond donors (Lipinski definition) is 1. The first kappa shape index (κ1) is 16.1. The molecule has 0 bridgehead atoms. The maximum Gasteiger partial charge on any atom is 0.0897 e. The summed E-state index contributed by atoms with van der Waals surface area (Å²) in [5.41, 5.74) is 1.04. The van der Waals surface area contributed by atoms with Gasteiger partial charge in [0.1, 0.15) is 0 Å². The van der Waals surface area contributed by atoms with Crippen LogP contribution in [0, 0.1) is 0 Å². The number of benzene rings is 1. The Kier molecular flexibility index (Phi) is 5.70. The average Bonchev–Trinajstić information content (AvgIpc) is 2.40. The Morgan fingerprint density at radius 2 is 2.15 bits per heavy atom. The number of ether oxygens (including phenoxy) is 1. The van der Waals surface area contributed by atoms with Crippen LogP contribution >= 0.6 is 23.2 Å². The molecule has 0 aromatic heterocycles. The summed E-state index contributed by atoms with van der Waals surface area (Å²) >= 11 is 12.5. The molecule has 0 radical (unpaired) electrons. The van der Waals surface area contributed by atoms with Crippen molar-refractivity contribution in [1.29, 1.82) is 0 Å². The van der Waals surface area contributed by atoms with Crippen molar-refractivity contribution in [3.05, 3.63) is 33.8 Å². The van der Waals surface area contributed by atoms with Gasteiger partial charge >= 0.3 is 0 Å². The highest BCUT2D eigenvalue weighted by Crippen LogP contribution is 2.36. The van der Waals surface area contributed by atoms with Gasteiger partial charge in [-0.2, -0.15) is 0 Å². The van der Waals surface area contributed by atoms with Gasteiger partial charge in [-0.1, -0.05) is 49.2 Å². The van der Waals surface area contributed by atoms with Gasteiger partial charge < -0.3 is 10.1 Å². The Morgan fingerprint density at radius 1 is 1.40 bits per heavy atom. The van der Waals surface area contributed by atoms with E-state index in [9.17, 15) is 0 Å². The summed E-state index contributed by atoms with van der Waals surface area (Å²) in [6.45, 7) is 6.71. The summed E-state index contributed by atoms with van der Waals surface area (Å²) in [5, 5.41) is 4.67. The lowest BCUT2D eigenvalue weighted by Crippen LogP contribution is -2.48. The van der Waals surface area contributed by atoms with E-state index in [2.05, 4.69) is 31.1 Å². The first-order valence-electron chi connectivity index (χ1n) is 7.00. The molecule has 1 aliphatic rings. The molecule has 1 heterocycles. The predicted molar refractivity (Wildman–Crippen MR) is 84.7 cm³/mol. The highest BCUT2D eigenvalue weighted by molar-refractivity contribution is 6.42. The van der Waals surface area contributed by atoms with Crippen LogP contribution in [0.2, 0.25) is 10.0 Å². The van der Waals surface area contributed by atoms with Crippen LogP contribution in [0.25, 0.3) is 0 Å². The van der Waals surface area contributed by atoms with Gasteiger partial charge in [-0.05, 0) is 18.7 Å². The van der Waals surface area contributed by atoms with Crippen LogP contribution in [0.3, 0.4) is 0 Å². The van der Waals surface area contributed by atoms with Crippen molar-refractivity contribution >= 4 is 23.2 Å². The van der Waals surface area contributed by atoms with Crippen LogP contribution in [-0.2, 0) is 4.74 Å². The molecule has 0 amide bonds. The predicted octanol–water partition coefficient (Wildman–Crippen LogP) is 3.36. The van der Waals surface area contributed by atoms with E-state index in [0.29, 0.717) is 16.1 Å². The van der Waals surface area contributed by atoms with Gasteiger partial charge in [0.25, 0.3) is 0 Å². The summed E-state index contributed by atoms with van der Waals surface area (Å²) in [4.78, 5) is 2.29. The fourth-order valence-corrected chi connectivity index (χ4v) is 2.99. The van der Waals surface area contributed by atoms with Gasteiger partial charge in [-0.15, -0.1) is 0 Å². The van der Waals surface area contributed by atoms with Gasteiger partial charge in [-0.3, -0.25) is 4.90 Å². The third kappa shape index (κ3) is 3.66. The van der Waals surface area contributed by atoms with Crippen molar-refractivity contribution < 1.29 is 4.74 Å². The third-order valence-electron chi connectivity index (χ3n) is 3.63. The van der Waals surface area contributed by atoms with E-state index in [-0.39, 0.29) is 12.1 Å². The Bertz CT molecular complexity index is 453. The Hall–Kier alpha value is -0.320. The molecule has 0 saturated carbocycles. The molecule has 20 heavy (non-hydrogen) atoms. The number of nitrogens with one attached hydrogen (secondary N) is 1. The lowest BCUT2D eigenvalue weighted by atomic mass is 9.98. The van der Waals surface area contributed by atoms with E-state index in [1.165, 1.54) is 0 Å². The van der Waals surface area contributed by atoms with Crippen LogP contribution in [0.5, 0.6) is 0 Å². The Morgan fingerprint density at radius 3 is 2.85 bits per heavy atom. The van der Waals surface area contributed by atoms with Crippen molar-refractivity contribution in [3.63, 3.8) is 0 Å². The zero-order valence-corrected chi connectivity index (χ0v) is 13.7. The van der Waals surface area contributed by atoms with Gasteiger partial charge in [0.15, 0.2) is 0 Å². The summed E-state index contributed by atoms with van der Waals surface area (Å²) in [6.07, 6.45) is 0.0760. The molecule has 0 spiro atoms. The molecule has 2 rings (SSSR count). The summed E-state index contributed by atoms with van der Waals surface area (Å²) < 4.78 is 5.95. The zero-order valence-electron chi connectivity index (χ0n) is 12.2.